The van der Waals surface area contributed by atoms with Gasteiger partial charge < -0.3 is 5.11 Å². The van der Waals surface area contributed by atoms with Gasteiger partial charge in [-0.3, -0.25) is 9.29 Å². The molecule has 2 aromatic rings. The van der Waals surface area contributed by atoms with Gasteiger partial charge in [0, 0.05) is 19.4 Å². The zero-order valence-electron chi connectivity index (χ0n) is 10.9. The van der Waals surface area contributed by atoms with Crippen molar-refractivity contribution in [2.24, 2.45) is 0 Å². The van der Waals surface area contributed by atoms with Crippen LogP contribution in [0, 0.1) is 5.82 Å². The number of carboxylic acids is 1. The highest BCUT2D eigenvalue weighted by atomic mass is 32.2. The van der Waals surface area contributed by atoms with Crippen molar-refractivity contribution in [2.45, 2.75) is 4.90 Å². The first kappa shape index (κ1) is 14.9. The summed E-state index contributed by atoms with van der Waals surface area (Å²) in [6.07, 6.45) is 2.79. The van der Waals surface area contributed by atoms with Gasteiger partial charge in [-0.1, -0.05) is 0 Å². The van der Waals surface area contributed by atoms with Crippen LogP contribution in [0.1, 0.15) is 10.4 Å². The summed E-state index contributed by atoms with van der Waals surface area (Å²) in [4.78, 5) is 14.3. The third kappa shape index (κ3) is 2.84. The monoisotopic (exact) mass is 310 g/mol. The highest BCUT2D eigenvalue weighted by Crippen LogP contribution is 2.24. The number of nitrogens with zero attached hydrogens (tertiary/aromatic N) is 2. The minimum Gasteiger partial charge on any atom is -0.478 e. The molecule has 0 unspecified atom stereocenters. The van der Waals surface area contributed by atoms with Crippen LogP contribution >= 0.6 is 0 Å². The van der Waals surface area contributed by atoms with Crippen molar-refractivity contribution in [2.75, 3.05) is 11.4 Å². The molecular weight excluding hydrogens is 299 g/mol. The van der Waals surface area contributed by atoms with Gasteiger partial charge in [-0.05, 0) is 30.3 Å². The van der Waals surface area contributed by atoms with Crippen LogP contribution in [-0.4, -0.2) is 31.5 Å². The number of carboxylic acid groups (broad SMARTS) is 1. The fourth-order valence-corrected chi connectivity index (χ4v) is 3.12. The molecule has 0 fully saturated rings. The maximum atomic E-state index is 13.3. The molecule has 8 heteroatoms. The fraction of sp³-hybridized carbons (Fsp3) is 0.0769. The average molecular weight is 310 g/mol. The predicted molar refractivity (Wildman–Crippen MR) is 73.2 cm³/mol. The van der Waals surface area contributed by atoms with Gasteiger partial charge in [0.2, 0.25) is 0 Å². The molecule has 0 amide bonds. The first-order valence-electron chi connectivity index (χ1n) is 5.76. The molecule has 0 atom stereocenters. The molecule has 0 spiro atoms. The van der Waals surface area contributed by atoms with Crippen molar-refractivity contribution >= 4 is 21.7 Å². The maximum absolute atomic E-state index is 13.3. The Kier molecular flexibility index (Phi) is 3.90. The second-order valence-electron chi connectivity index (χ2n) is 4.12. The number of pyridine rings is 1. The maximum Gasteiger partial charge on any atom is 0.337 e. The minimum absolute atomic E-state index is 0.283. The molecule has 1 aromatic heterocycles. The first-order chi connectivity index (χ1) is 9.84. The third-order valence-corrected chi connectivity index (χ3v) is 4.66. The number of hydrogen-bond acceptors (Lipinski definition) is 4. The molecule has 0 radical (unpaired) electrons. The van der Waals surface area contributed by atoms with Crippen molar-refractivity contribution in [1.82, 2.24) is 4.98 Å². The Morgan fingerprint density at radius 2 is 1.86 bits per heavy atom. The van der Waals surface area contributed by atoms with E-state index in [4.69, 9.17) is 5.11 Å². The van der Waals surface area contributed by atoms with Crippen LogP contribution in [0.3, 0.4) is 0 Å². The predicted octanol–water partition coefficient (Wildman–Crippen LogP) is 1.74. The van der Waals surface area contributed by atoms with Crippen LogP contribution in [0.4, 0.5) is 10.1 Å². The Hall–Kier alpha value is -2.48. The number of aromatic nitrogens is 1. The Morgan fingerprint density at radius 1 is 1.24 bits per heavy atom. The molecule has 1 heterocycles. The van der Waals surface area contributed by atoms with E-state index in [0.29, 0.717) is 6.07 Å². The fourth-order valence-electron chi connectivity index (χ4n) is 1.73. The van der Waals surface area contributed by atoms with Gasteiger partial charge in [0.1, 0.15) is 10.7 Å². The van der Waals surface area contributed by atoms with Gasteiger partial charge in [-0.2, -0.15) is 0 Å². The van der Waals surface area contributed by atoms with Gasteiger partial charge in [-0.15, -0.1) is 0 Å². The highest BCUT2D eigenvalue weighted by molar-refractivity contribution is 7.92. The van der Waals surface area contributed by atoms with E-state index in [2.05, 4.69) is 4.98 Å². The summed E-state index contributed by atoms with van der Waals surface area (Å²) in [5.74, 6) is -2.28. The van der Waals surface area contributed by atoms with E-state index in [1.165, 1.54) is 31.6 Å². The molecule has 0 aliphatic carbocycles. The topological polar surface area (TPSA) is 87.6 Å². The van der Waals surface area contributed by atoms with Crippen LogP contribution in [-0.2, 0) is 10.0 Å². The lowest BCUT2D eigenvalue weighted by Gasteiger charge is -2.20. The lowest BCUT2D eigenvalue weighted by molar-refractivity contribution is 0.0692. The van der Waals surface area contributed by atoms with Crippen LogP contribution in [0.5, 0.6) is 0 Å². The van der Waals surface area contributed by atoms with Gasteiger partial charge in [0.25, 0.3) is 10.0 Å². The number of aromatic carboxylic acids is 1. The molecule has 6 nitrogen and oxygen atoms in total. The number of anilines is 1. The van der Waals surface area contributed by atoms with Crippen LogP contribution < -0.4 is 4.31 Å². The zero-order valence-corrected chi connectivity index (χ0v) is 11.7. The third-order valence-electron chi connectivity index (χ3n) is 2.84. The van der Waals surface area contributed by atoms with E-state index in [-0.39, 0.29) is 5.69 Å². The second-order valence-corrected chi connectivity index (χ2v) is 6.06. The van der Waals surface area contributed by atoms with Crippen LogP contribution in [0.15, 0.2) is 47.6 Å². The quantitative estimate of drug-likeness (QED) is 0.929. The molecule has 0 aliphatic heterocycles. The summed E-state index contributed by atoms with van der Waals surface area (Å²) in [5, 5.41) is 9.06. The van der Waals surface area contributed by atoms with Gasteiger partial charge in [-0.25, -0.2) is 17.6 Å². The smallest absolute Gasteiger partial charge is 0.337 e. The van der Waals surface area contributed by atoms with Gasteiger partial charge in [0.15, 0.2) is 0 Å². The summed E-state index contributed by atoms with van der Waals surface area (Å²) in [7, 11) is -2.95. The SMILES string of the molecule is CN(c1ccncc1)S(=O)(=O)c1cc(F)ccc1C(=O)O. The van der Waals surface area contributed by atoms with Crippen LogP contribution in [0.25, 0.3) is 0 Å². The molecule has 110 valence electrons. The Bertz CT molecular complexity index is 778. The molecule has 0 aliphatic rings. The normalized spacial score (nSPS) is 11.1. The molecule has 0 saturated heterocycles. The van der Waals surface area contributed by atoms with Crippen molar-refractivity contribution in [1.29, 1.82) is 0 Å². The number of rotatable bonds is 4. The second kappa shape index (κ2) is 5.49. The number of sulfonamides is 1. The first-order valence-corrected chi connectivity index (χ1v) is 7.20. The number of benzene rings is 1. The lowest BCUT2D eigenvalue weighted by atomic mass is 10.2. The van der Waals surface area contributed by atoms with Crippen molar-refractivity contribution in [3.8, 4) is 0 Å². The molecule has 1 aromatic carbocycles. The molecule has 0 saturated carbocycles. The highest BCUT2D eigenvalue weighted by Gasteiger charge is 2.27. The number of carbonyl (C=O) groups is 1. The number of hydrogen-bond donors (Lipinski definition) is 1. The van der Waals surface area contributed by atoms with Crippen molar-refractivity contribution in [3.05, 3.63) is 54.1 Å². The van der Waals surface area contributed by atoms with E-state index in [1.807, 2.05) is 0 Å². The van der Waals surface area contributed by atoms with Gasteiger partial charge in [0.05, 0.1) is 11.3 Å². The summed E-state index contributed by atoms with van der Waals surface area (Å²) >= 11 is 0. The Labute approximate surface area is 120 Å². The largest absolute Gasteiger partial charge is 0.478 e. The Morgan fingerprint density at radius 3 is 2.43 bits per heavy atom. The Balaban J connectivity index is 2.59. The van der Waals surface area contributed by atoms with E-state index in [1.54, 1.807) is 0 Å². The van der Waals surface area contributed by atoms with Gasteiger partial charge >= 0.3 is 5.97 Å². The molecule has 21 heavy (non-hydrogen) atoms. The van der Waals surface area contributed by atoms with E-state index >= 15 is 0 Å². The van der Waals surface area contributed by atoms with E-state index < -0.39 is 32.3 Å². The minimum atomic E-state index is -4.21. The molecule has 1 N–H and O–H groups in total. The standard InChI is InChI=1S/C13H11FN2O4S/c1-16(10-4-6-15-7-5-10)21(19,20)12-8-9(14)2-3-11(12)13(17)18/h2-8H,1H3,(H,17,18). The van der Waals surface area contributed by atoms with Crippen molar-refractivity contribution < 1.29 is 22.7 Å². The summed E-state index contributed by atoms with van der Waals surface area (Å²) < 4.78 is 39.2. The van der Waals surface area contributed by atoms with Crippen molar-refractivity contribution in [3.63, 3.8) is 0 Å². The molecule has 0 bridgehead atoms. The average Bonchev–Trinajstić information content (AvgIpc) is 2.47. The summed E-state index contributed by atoms with van der Waals surface area (Å²) in [5.41, 5.74) is -0.206. The van der Waals surface area contributed by atoms with E-state index in [0.717, 1.165) is 16.4 Å². The summed E-state index contributed by atoms with van der Waals surface area (Å²) in [6, 6.07) is 5.39. The summed E-state index contributed by atoms with van der Waals surface area (Å²) in [6.45, 7) is 0. The van der Waals surface area contributed by atoms with Crippen LogP contribution in [0.2, 0.25) is 0 Å². The lowest BCUT2D eigenvalue weighted by Crippen LogP contribution is -2.28. The number of halogens is 1. The zero-order chi connectivity index (χ0) is 15.6. The molecule has 2 rings (SSSR count). The van der Waals surface area contributed by atoms with E-state index in [9.17, 15) is 17.6 Å². The molecular formula is C13H11FN2O4S.